The molecule has 0 radical (unpaired) electrons. The summed E-state index contributed by atoms with van der Waals surface area (Å²) in [5, 5.41) is 3.90. The summed E-state index contributed by atoms with van der Waals surface area (Å²) in [4.78, 5) is 0. The van der Waals surface area contributed by atoms with Gasteiger partial charge in [0.05, 0.1) is 6.61 Å². The Morgan fingerprint density at radius 2 is 1.73 bits per heavy atom. The lowest BCUT2D eigenvalue weighted by molar-refractivity contribution is -0.00357. The van der Waals surface area contributed by atoms with Gasteiger partial charge in [-0.2, -0.15) is 0 Å². The van der Waals surface area contributed by atoms with Crippen molar-refractivity contribution < 1.29 is 9.47 Å². The summed E-state index contributed by atoms with van der Waals surface area (Å²) in [6, 6.07) is 23.8. The van der Waals surface area contributed by atoms with Crippen LogP contribution in [-0.4, -0.2) is 26.3 Å². The quantitative estimate of drug-likeness (QED) is 0.536. The number of ether oxygens (including phenoxy) is 2. The van der Waals surface area contributed by atoms with E-state index in [1.54, 1.807) is 7.11 Å². The third-order valence-corrected chi connectivity index (χ3v) is 7.62. The first kappa shape index (κ1) is 22.1. The first-order valence-electron chi connectivity index (χ1n) is 11.9. The van der Waals surface area contributed by atoms with E-state index in [-0.39, 0.29) is 12.0 Å². The molecule has 0 saturated heterocycles. The van der Waals surface area contributed by atoms with Crippen molar-refractivity contribution >= 4 is 0 Å². The molecule has 3 N–H and O–H groups in total. The molecule has 1 aliphatic carbocycles. The molecule has 3 aromatic carbocycles. The molecule has 1 heterocycles. The van der Waals surface area contributed by atoms with Gasteiger partial charge in [-0.1, -0.05) is 66.2 Å². The lowest BCUT2D eigenvalue weighted by Crippen LogP contribution is -2.63. The zero-order valence-corrected chi connectivity index (χ0v) is 20.0. The Morgan fingerprint density at radius 1 is 1.00 bits per heavy atom. The average Bonchev–Trinajstić information content (AvgIpc) is 3.22. The SMILES string of the molecule is COCCN[C@]12c3c(C)cc(C)cc3O[C@@]1(c1ccc(C)cc1)[C@H](c1ccccc1)C[C@@H]2N. The minimum atomic E-state index is -0.671. The van der Waals surface area contributed by atoms with Gasteiger partial charge >= 0.3 is 0 Å². The number of nitrogens with two attached hydrogens (primary N) is 1. The summed E-state index contributed by atoms with van der Waals surface area (Å²) >= 11 is 0. The maximum Gasteiger partial charge on any atom is 0.165 e. The number of nitrogens with one attached hydrogen (secondary N) is 1. The topological polar surface area (TPSA) is 56.5 Å². The van der Waals surface area contributed by atoms with Crippen LogP contribution in [0.1, 0.15) is 45.7 Å². The standard InChI is InChI=1S/C29H34N2O2/c1-19-10-12-23(13-11-19)29-24(22-8-6-5-7-9-22)18-26(30)28(29,31-14-15-32-4)27-21(3)16-20(2)17-25(27)33-29/h5-13,16-17,24,26,31H,14-15,18,30H2,1-4H3/t24-,26-,28+,29-/m0/s1. The van der Waals surface area contributed by atoms with Gasteiger partial charge in [0.1, 0.15) is 11.3 Å². The lowest BCUT2D eigenvalue weighted by Gasteiger charge is -2.45. The molecule has 1 saturated carbocycles. The fraction of sp³-hybridized carbons (Fsp3) is 0.379. The summed E-state index contributed by atoms with van der Waals surface area (Å²) in [6.07, 6.45) is 0.824. The van der Waals surface area contributed by atoms with Gasteiger partial charge in [-0.15, -0.1) is 0 Å². The Labute approximate surface area is 197 Å². The van der Waals surface area contributed by atoms with Crippen molar-refractivity contribution in [3.05, 3.63) is 100 Å². The van der Waals surface area contributed by atoms with E-state index in [1.165, 1.54) is 27.8 Å². The van der Waals surface area contributed by atoms with Crippen LogP contribution in [0.25, 0.3) is 0 Å². The minimum Gasteiger partial charge on any atom is -0.479 e. The van der Waals surface area contributed by atoms with Gasteiger partial charge < -0.3 is 20.5 Å². The Bertz CT molecular complexity index is 1140. The Hall–Kier alpha value is -2.66. The number of aryl methyl sites for hydroxylation is 3. The molecule has 33 heavy (non-hydrogen) atoms. The molecule has 0 bridgehead atoms. The molecule has 2 aliphatic rings. The molecule has 3 aromatic rings. The molecular formula is C29H34N2O2. The molecular weight excluding hydrogens is 408 g/mol. The molecule has 5 rings (SSSR count). The van der Waals surface area contributed by atoms with Gasteiger partial charge in [0.2, 0.25) is 0 Å². The maximum atomic E-state index is 7.19. The summed E-state index contributed by atoms with van der Waals surface area (Å²) in [5.74, 6) is 1.03. The van der Waals surface area contributed by atoms with Crippen LogP contribution in [-0.2, 0) is 15.9 Å². The van der Waals surface area contributed by atoms with Crippen molar-refractivity contribution in [1.82, 2.24) is 5.32 Å². The van der Waals surface area contributed by atoms with Gasteiger partial charge in [0.15, 0.2) is 5.60 Å². The number of fused-ring (bicyclic) bond motifs is 3. The van der Waals surface area contributed by atoms with Crippen LogP contribution < -0.4 is 15.8 Å². The molecule has 1 aliphatic heterocycles. The van der Waals surface area contributed by atoms with Crippen LogP contribution in [0.2, 0.25) is 0 Å². The smallest absolute Gasteiger partial charge is 0.165 e. The lowest BCUT2D eigenvalue weighted by atomic mass is 9.68. The first-order chi connectivity index (χ1) is 15.9. The molecule has 4 atom stereocenters. The highest BCUT2D eigenvalue weighted by molar-refractivity contribution is 5.60. The highest BCUT2D eigenvalue weighted by Gasteiger charge is 2.72. The molecule has 1 fully saturated rings. The maximum absolute atomic E-state index is 7.19. The molecule has 0 aromatic heterocycles. The summed E-state index contributed by atoms with van der Waals surface area (Å²) < 4.78 is 12.6. The van der Waals surface area contributed by atoms with Crippen molar-refractivity contribution in [1.29, 1.82) is 0 Å². The normalized spacial score (nSPS) is 27.8. The number of methoxy groups -OCH3 is 1. The zero-order chi connectivity index (χ0) is 23.2. The molecule has 0 unspecified atom stereocenters. The van der Waals surface area contributed by atoms with Gasteiger partial charge in [-0.05, 0) is 55.5 Å². The first-order valence-corrected chi connectivity index (χ1v) is 11.9. The van der Waals surface area contributed by atoms with Gasteiger partial charge in [-0.3, -0.25) is 0 Å². The number of hydrogen-bond acceptors (Lipinski definition) is 4. The molecule has 0 amide bonds. The largest absolute Gasteiger partial charge is 0.479 e. The number of benzene rings is 3. The molecule has 172 valence electrons. The Balaban J connectivity index is 1.82. The van der Waals surface area contributed by atoms with Crippen LogP contribution in [0.15, 0.2) is 66.7 Å². The molecule has 0 spiro atoms. The zero-order valence-electron chi connectivity index (χ0n) is 20.0. The fourth-order valence-corrected chi connectivity index (χ4v) is 6.40. The van der Waals surface area contributed by atoms with Crippen LogP contribution in [0, 0.1) is 20.8 Å². The third-order valence-electron chi connectivity index (χ3n) is 7.62. The van der Waals surface area contributed by atoms with Crippen LogP contribution in [0.3, 0.4) is 0 Å². The third kappa shape index (κ3) is 3.16. The summed E-state index contributed by atoms with van der Waals surface area (Å²) in [7, 11) is 1.74. The van der Waals surface area contributed by atoms with Crippen molar-refractivity contribution in [2.24, 2.45) is 5.73 Å². The van der Waals surface area contributed by atoms with Crippen molar-refractivity contribution in [2.75, 3.05) is 20.3 Å². The minimum absolute atomic E-state index is 0.0959. The second kappa shape index (κ2) is 8.28. The van der Waals surface area contributed by atoms with E-state index in [0.717, 1.165) is 17.7 Å². The summed E-state index contributed by atoms with van der Waals surface area (Å²) in [6.45, 7) is 7.73. The highest BCUT2D eigenvalue weighted by atomic mass is 16.5. The Morgan fingerprint density at radius 3 is 2.42 bits per heavy atom. The van der Waals surface area contributed by atoms with E-state index in [0.29, 0.717) is 13.2 Å². The van der Waals surface area contributed by atoms with Crippen molar-refractivity contribution in [3.8, 4) is 5.75 Å². The van der Waals surface area contributed by atoms with Gasteiger partial charge in [0, 0.05) is 31.2 Å². The highest BCUT2D eigenvalue weighted by Crippen LogP contribution is 2.66. The van der Waals surface area contributed by atoms with E-state index in [4.69, 9.17) is 15.2 Å². The van der Waals surface area contributed by atoms with Gasteiger partial charge in [-0.25, -0.2) is 0 Å². The molecule has 4 heteroatoms. The van der Waals surface area contributed by atoms with Gasteiger partial charge in [0.25, 0.3) is 0 Å². The second-order valence-corrected chi connectivity index (χ2v) is 9.69. The van der Waals surface area contributed by atoms with E-state index in [2.05, 4.69) is 92.8 Å². The van der Waals surface area contributed by atoms with Crippen LogP contribution in [0.5, 0.6) is 5.75 Å². The van der Waals surface area contributed by atoms with E-state index in [1.807, 2.05) is 0 Å². The predicted octanol–water partition coefficient (Wildman–Crippen LogP) is 4.85. The van der Waals surface area contributed by atoms with Crippen LogP contribution in [0.4, 0.5) is 0 Å². The average molecular weight is 443 g/mol. The Kier molecular flexibility index (Phi) is 5.56. The van der Waals surface area contributed by atoms with E-state index >= 15 is 0 Å². The van der Waals surface area contributed by atoms with Crippen molar-refractivity contribution in [2.45, 2.75) is 50.3 Å². The predicted molar refractivity (Wildman–Crippen MR) is 133 cm³/mol. The van der Waals surface area contributed by atoms with E-state index < -0.39 is 11.1 Å². The fourth-order valence-electron chi connectivity index (χ4n) is 6.40. The number of hydrogen-bond donors (Lipinski definition) is 2. The van der Waals surface area contributed by atoms with E-state index in [9.17, 15) is 0 Å². The van der Waals surface area contributed by atoms with Crippen LogP contribution >= 0.6 is 0 Å². The molecule has 4 nitrogen and oxygen atoms in total. The monoisotopic (exact) mass is 442 g/mol. The second-order valence-electron chi connectivity index (χ2n) is 9.69. The van der Waals surface area contributed by atoms with Crippen molar-refractivity contribution in [3.63, 3.8) is 0 Å². The number of rotatable bonds is 6. The summed E-state index contributed by atoms with van der Waals surface area (Å²) in [5.41, 5.74) is 13.2.